The molecule has 0 aliphatic carbocycles. The molecular formula is C16H19N5O2. The van der Waals surface area contributed by atoms with Gasteiger partial charge in [-0.2, -0.15) is 5.10 Å². The van der Waals surface area contributed by atoms with Gasteiger partial charge in [-0.15, -0.1) is 6.42 Å². The minimum Gasteiger partial charge on any atom is -0.378 e. The summed E-state index contributed by atoms with van der Waals surface area (Å²) in [6.45, 7) is 3.01. The summed E-state index contributed by atoms with van der Waals surface area (Å²) in [5.41, 5.74) is -0.221. The predicted octanol–water partition coefficient (Wildman–Crippen LogP) is 0.745. The van der Waals surface area contributed by atoms with Crippen LogP contribution < -0.4 is 5.32 Å². The molecule has 1 aliphatic rings. The average Bonchev–Trinajstić information content (AvgIpc) is 3.02. The molecular weight excluding hydrogens is 294 g/mol. The Labute approximate surface area is 134 Å². The molecule has 1 unspecified atom stereocenters. The van der Waals surface area contributed by atoms with Crippen molar-refractivity contribution < 1.29 is 9.90 Å². The molecule has 1 amide bonds. The molecule has 2 aromatic heterocycles. The molecule has 1 aliphatic heterocycles. The summed E-state index contributed by atoms with van der Waals surface area (Å²) in [6.07, 6.45) is 9.61. The molecule has 0 radical (unpaired) electrons. The lowest BCUT2D eigenvalue weighted by Crippen LogP contribution is -2.50. The monoisotopic (exact) mass is 313 g/mol. The predicted molar refractivity (Wildman–Crippen MR) is 86.6 cm³/mol. The average molecular weight is 313 g/mol. The van der Waals surface area contributed by atoms with Gasteiger partial charge in [0.25, 0.3) is 0 Å². The Kier molecular flexibility index (Phi) is 4.03. The summed E-state index contributed by atoms with van der Waals surface area (Å²) in [6, 6.07) is 1.45. The van der Waals surface area contributed by atoms with Crippen molar-refractivity contribution in [3.63, 3.8) is 0 Å². The van der Waals surface area contributed by atoms with Crippen molar-refractivity contribution in [2.75, 3.05) is 18.4 Å². The first-order valence-corrected chi connectivity index (χ1v) is 7.55. The molecule has 2 aromatic rings. The first kappa shape index (κ1) is 15.5. The van der Waals surface area contributed by atoms with E-state index in [-0.39, 0.29) is 11.9 Å². The Morgan fingerprint density at radius 2 is 2.26 bits per heavy atom. The van der Waals surface area contributed by atoms with Gasteiger partial charge in [-0.05, 0) is 13.0 Å². The first-order chi connectivity index (χ1) is 11.0. The lowest BCUT2D eigenvalue weighted by atomic mass is 9.92. The fourth-order valence-electron chi connectivity index (χ4n) is 2.73. The summed E-state index contributed by atoms with van der Waals surface area (Å²) in [4.78, 5) is 18.6. The number of carbonyl (C=O) groups is 1. The van der Waals surface area contributed by atoms with Gasteiger partial charge in [0.05, 0.1) is 24.0 Å². The highest BCUT2D eigenvalue weighted by atomic mass is 16.3. The number of aromatic nitrogens is 3. The van der Waals surface area contributed by atoms with Crippen molar-refractivity contribution in [1.82, 2.24) is 20.1 Å². The van der Waals surface area contributed by atoms with Crippen LogP contribution in [0.2, 0.25) is 0 Å². The lowest BCUT2D eigenvalue weighted by Gasteiger charge is -2.37. The SMILES string of the molecule is C#CC1(O)CCN(C(C)C(=O)Nc2cc3cn[nH]c3cn2)CC1. The second kappa shape index (κ2) is 5.99. The maximum Gasteiger partial charge on any atom is 0.242 e. The molecule has 3 N–H and O–H groups in total. The number of piperidine rings is 1. The molecule has 120 valence electrons. The van der Waals surface area contributed by atoms with E-state index in [1.54, 1.807) is 18.5 Å². The number of pyridine rings is 1. The molecule has 0 aromatic carbocycles. The topological polar surface area (TPSA) is 94.1 Å². The molecule has 1 fully saturated rings. The number of carbonyl (C=O) groups excluding carboxylic acids is 1. The van der Waals surface area contributed by atoms with Gasteiger partial charge in [0.1, 0.15) is 11.4 Å². The van der Waals surface area contributed by atoms with Crippen LogP contribution in [-0.4, -0.2) is 55.8 Å². The van der Waals surface area contributed by atoms with Crippen molar-refractivity contribution in [1.29, 1.82) is 0 Å². The Hall–Kier alpha value is -2.43. The zero-order chi connectivity index (χ0) is 16.4. The van der Waals surface area contributed by atoms with E-state index >= 15 is 0 Å². The second-order valence-electron chi connectivity index (χ2n) is 5.90. The van der Waals surface area contributed by atoms with E-state index in [2.05, 4.69) is 26.4 Å². The van der Waals surface area contributed by atoms with E-state index in [0.29, 0.717) is 31.7 Å². The Balaban J connectivity index is 1.62. The third-order valence-corrected chi connectivity index (χ3v) is 4.40. The van der Waals surface area contributed by atoms with Crippen LogP contribution in [0.4, 0.5) is 5.82 Å². The maximum atomic E-state index is 12.4. The van der Waals surface area contributed by atoms with E-state index in [4.69, 9.17) is 6.42 Å². The summed E-state index contributed by atoms with van der Waals surface area (Å²) < 4.78 is 0. The molecule has 3 heterocycles. The maximum absolute atomic E-state index is 12.4. The van der Waals surface area contributed by atoms with E-state index in [0.717, 1.165) is 10.9 Å². The number of likely N-dealkylation sites (tertiary alicyclic amines) is 1. The third-order valence-electron chi connectivity index (χ3n) is 4.40. The fourth-order valence-corrected chi connectivity index (χ4v) is 2.73. The lowest BCUT2D eigenvalue weighted by molar-refractivity contribution is -0.122. The number of anilines is 1. The number of nitrogens with zero attached hydrogens (tertiary/aromatic N) is 3. The van der Waals surface area contributed by atoms with Gasteiger partial charge in [-0.25, -0.2) is 4.98 Å². The molecule has 1 atom stereocenters. The van der Waals surface area contributed by atoms with Crippen molar-refractivity contribution >= 4 is 22.6 Å². The fraction of sp³-hybridized carbons (Fsp3) is 0.438. The van der Waals surface area contributed by atoms with Crippen molar-refractivity contribution in [2.45, 2.75) is 31.4 Å². The van der Waals surface area contributed by atoms with Gasteiger partial charge >= 0.3 is 0 Å². The number of hydrogen-bond acceptors (Lipinski definition) is 5. The summed E-state index contributed by atoms with van der Waals surface area (Å²) in [5, 5.41) is 20.5. The number of amides is 1. The number of aliphatic hydroxyl groups is 1. The van der Waals surface area contributed by atoms with Crippen LogP contribution in [0.15, 0.2) is 18.5 Å². The number of fused-ring (bicyclic) bond motifs is 1. The number of H-pyrrole nitrogens is 1. The van der Waals surface area contributed by atoms with Gasteiger partial charge < -0.3 is 10.4 Å². The smallest absolute Gasteiger partial charge is 0.242 e. The van der Waals surface area contributed by atoms with E-state index in [1.807, 2.05) is 11.8 Å². The normalized spacial score (nSPS) is 19.2. The number of nitrogens with one attached hydrogen (secondary N) is 2. The second-order valence-corrected chi connectivity index (χ2v) is 5.90. The number of rotatable bonds is 3. The van der Waals surface area contributed by atoms with Gasteiger partial charge in [-0.3, -0.25) is 14.8 Å². The number of hydrogen-bond donors (Lipinski definition) is 3. The van der Waals surface area contributed by atoms with Crippen LogP contribution in [-0.2, 0) is 4.79 Å². The van der Waals surface area contributed by atoms with Gasteiger partial charge in [0.2, 0.25) is 5.91 Å². The van der Waals surface area contributed by atoms with Crippen molar-refractivity contribution in [3.8, 4) is 12.3 Å². The zero-order valence-electron chi connectivity index (χ0n) is 12.9. The molecule has 7 nitrogen and oxygen atoms in total. The highest BCUT2D eigenvalue weighted by Crippen LogP contribution is 2.23. The molecule has 7 heteroatoms. The summed E-state index contributed by atoms with van der Waals surface area (Å²) in [7, 11) is 0. The standard InChI is InChI=1S/C16H19N5O2/c1-3-16(23)4-6-21(7-5-16)11(2)15(22)19-14-8-12-9-18-20-13(12)10-17-14/h1,8-11,23H,4-7H2,2H3,(H,18,20)(H,17,19,22). The molecule has 23 heavy (non-hydrogen) atoms. The molecule has 0 saturated carbocycles. The van der Waals surface area contributed by atoms with Crippen molar-refractivity contribution in [3.05, 3.63) is 18.5 Å². The molecule has 0 bridgehead atoms. The van der Waals surface area contributed by atoms with Crippen LogP contribution in [0, 0.1) is 12.3 Å². The van der Waals surface area contributed by atoms with E-state index in [1.165, 1.54) is 0 Å². The zero-order valence-corrected chi connectivity index (χ0v) is 12.9. The Morgan fingerprint density at radius 1 is 1.52 bits per heavy atom. The highest BCUT2D eigenvalue weighted by Gasteiger charge is 2.33. The quantitative estimate of drug-likeness (QED) is 0.727. The number of aromatic amines is 1. The van der Waals surface area contributed by atoms with Crippen LogP contribution in [0.3, 0.4) is 0 Å². The largest absolute Gasteiger partial charge is 0.378 e. The summed E-state index contributed by atoms with van der Waals surface area (Å²) in [5.74, 6) is 2.79. The first-order valence-electron chi connectivity index (χ1n) is 7.55. The molecule has 3 rings (SSSR count). The minimum atomic E-state index is -1.04. The summed E-state index contributed by atoms with van der Waals surface area (Å²) >= 11 is 0. The van der Waals surface area contributed by atoms with Gasteiger partial charge in [0, 0.05) is 31.3 Å². The van der Waals surface area contributed by atoms with Crippen LogP contribution in [0.1, 0.15) is 19.8 Å². The van der Waals surface area contributed by atoms with E-state index < -0.39 is 5.60 Å². The van der Waals surface area contributed by atoms with Gasteiger partial charge in [0.15, 0.2) is 0 Å². The van der Waals surface area contributed by atoms with Crippen molar-refractivity contribution in [2.24, 2.45) is 0 Å². The molecule has 0 spiro atoms. The van der Waals surface area contributed by atoms with E-state index in [9.17, 15) is 9.90 Å². The Morgan fingerprint density at radius 3 is 2.96 bits per heavy atom. The highest BCUT2D eigenvalue weighted by molar-refractivity contribution is 5.95. The Bertz CT molecular complexity index is 755. The molecule has 1 saturated heterocycles. The third kappa shape index (κ3) is 3.18. The van der Waals surface area contributed by atoms with Crippen LogP contribution in [0.5, 0.6) is 0 Å². The van der Waals surface area contributed by atoms with Crippen LogP contribution in [0.25, 0.3) is 10.9 Å². The van der Waals surface area contributed by atoms with Gasteiger partial charge in [-0.1, -0.05) is 5.92 Å². The number of terminal acetylenes is 1. The minimum absolute atomic E-state index is 0.133. The van der Waals surface area contributed by atoms with Crippen LogP contribution >= 0.6 is 0 Å².